The van der Waals surface area contributed by atoms with Crippen LogP contribution in [-0.2, 0) is 4.74 Å². The molecule has 5 heteroatoms. The van der Waals surface area contributed by atoms with E-state index in [0.717, 1.165) is 19.5 Å². The third-order valence-electron chi connectivity index (χ3n) is 4.73. The van der Waals surface area contributed by atoms with Crippen molar-refractivity contribution in [1.29, 1.82) is 0 Å². The number of carbonyl (C=O) groups excluding carboxylic acids is 1. The van der Waals surface area contributed by atoms with E-state index in [1.54, 1.807) is 18.2 Å². The average Bonchev–Trinajstić information content (AvgIpc) is 2.61. The first kappa shape index (κ1) is 19.6. The Kier molecular flexibility index (Phi) is 7.56. The summed E-state index contributed by atoms with van der Waals surface area (Å²) in [7, 11) is 0. The predicted molar refractivity (Wildman–Crippen MR) is 101 cm³/mol. The molecule has 0 aliphatic carbocycles. The van der Waals surface area contributed by atoms with Gasteiger partial charge in [0.2, 0.25) is 0 Å². The Hall–Kier alpha value is -1.75. The van der Waals surface area contributed by atoms with Gasteiger partial charge in [-0.2, -0.15) is 0 Å². The highest BCUT2D eigenvalue weighted by Gasteiger charge is 2.25. The lowest BCUT2D eigenvalue weighted by atomic mass is 10.00. The second-order valence-electron chi connectivity index (χ2n) is 7.11. The number of piperidine rings is 1. The molecule has 1 saturated heterocycles. The summed E-state index contributed by atoms with van der Waals surface area (Å²) in [5, 5.41) is 0. The molecule has 1 aromatic rings. The van der Waals surface area contributed by atoms with Crippen molar-refractivity contribution >= 4 is 11.7 Å². The predicted octanol–water partition coefficient (Wildman–Crippen LogP) is 3.72. The third-order valence-corrected chi connectivity index (χ3v) is 4.73. The molecule has 2 N–H and O–H groups in total. The second-order valence-corrected chi connectivity index (χ2v) is 7.11. The van der Waals surface area contributed by atoms with Crippen LogP contribution in [0.3, 0.4) is 0 Å². The van der Waals surface area contributed by atoms with Crippen molar-refractivity contribution in [2.45, 2.75) is 52.5 Å². The summed E-state index contributed by atoms with van der Waals surface area (Å²) in [4.78, 5) is 14.9. The number of nitrogens with two attached hydrogens (primary N) is 1. The van der Waals surface area contributed by atoms with Crippen LogP contribution in [0.25, 0.3) is 0 Å². The fraction of sp³-hybridized carbons (Fsp3) is 0.650. The molecule has 2 rings (SSSR count). The number of anilines is 1. The smallest absolute Gasteiger partial charge is 0.338 e. The molecule has 0 radical (unpaired) electrons. The molecule has 1 aliphatic heterocycles. The van der Waals surface area contributed by atoms with E-state index >= 15 is 0 Å². The molecule has 25 heavy (non-hydrogen) atoms. The number of ether oxygens (including phenoxy) is 2. The highest BCUT2D eigenvalue weighted by molar-refractivity contribution is 5.90. The van der Waals surface area contributed by atoms with Crippen molar-refractivity contribution in [2.75, 3.05) is 32.0 Å². The van der Waals surface area contributed by atoms with Crippen LogP contribution in [0.4, 0.5) is 5.69 Å². The first-order valence-electron chi connectivity index (χ1n) is 9.46. The van der Waals surface area contributed by atoms with Crippen LogP contribution in [0, 0.1) is 5.92 Å². The first-order chi connectivity index (χ1) is 12.0. The molecule has 0 unspecified atom stereocenters. The lowest BCUT2D eigenvalue weighted by Crippen LogP contribution is -2.45. The van der Waals surface area contributed by atoms with Crippen LogP contribution >= 0.6 is 0 Å². The van der Waals surface area contributed by atoms with Gasteiger partial charge in [-0.3, -0.25) is 4.90 Å². The maximum absolute atomic E-state index is 12.5. The van der Waals surface area contributed by atoms with Crippen LogP contribution in [-0.4, -0.2) is 43.2 Å². The van der Waals surface area contributed by atoms with Gasteiger partial charge in [-0.15, -0.1) is 0 Å². The van der Waals surface area contributed by atoms with E-state index in [1.165, 1.54) is 19.3 Å². The summed E-state index contributed by atoms with van der Waals surface area (Å²) in [5.41, 5.74) is 6.93. The molecule has 1 fully saturated rings. The first-order valence-corrected chi connectivity index (χ1v) is 9.46. The van der Waals surface area contributed by atoms with Crippen molar-refractivity contribution in [2.24, 2.45) is 5.92 Å². The number of nitrogen functional groups attached to an aromatic ring is 1. The highest BCUT2D eigenvalue weighted by atomic mass is 16.5. The summed E-state index contributed by atoms with van der Waals surface area (Å²) < 4.78 is 11.2. The molecule has 0 amide bonds. The van der Waals surface area contributed by atoms with E-state index in [2.05, 4.69) is 18.7 Å². The van der Waals surface area contributed by atoms with Crippen molar-refractivity contribution in [3.05, 3.63) is 23.8 Å². The summed E-state index contributed by atoms with van der Waals surface area (Å²) in [6.45, 7) is 9.59. The van der Waals surface area contributed by atoms with Gasteiger partial charge in [0.25, 0.3) is 0 Å². The van der Waals surface area contributed by atoms with Gasteiger partial charge in [-0.1, -0.05) is 27.2 Å². The Labute approximate surface area is 151 Å². The quantitative estimate of drug-likeness (QED) is 0.573. The SMILES string of the molecule is CCCOc1cc(C(=O)OC[C@H](C(C)C)N2CCCCC2)ccc1N. The van der Waals surface area contributed by atoms with E-state index in [0.29, 0.717) is 36.1 Å². The average molecular weight is 348 g/mol. The Morgan fingerprint density at radius 3 is 2.60 bits per heavy atom. The van der Waals surface area contributed by atoms with Crippen LogP contribution in [0.2, 0.25) is 0 Å². The molecule has 5 nitrogen and oxygen atoms in total. The fourth-order valence-corrected chi connectivity index (χ4v) is 3.21. The summed E-state index contributed by atoms with van der Waals surface area (Å²) in [5.74, 6) is 0.678. The van der Waals surface area contributed by atoms with E-state index in [1.807, 2.05) is 6.92 Å². The Morgan fingerprint density at radius 1 is 1.24 bits per heavy atom. The minimum absolute atomic E-state index is 0.272. The molecule has 1 heterocycles. The summed E-state index contributed by atoms with van der Waals surface area (Å²) in [6, 6.07) is 5.35. The summed E-state index contributed by atoms with van der Waals surface area (Å²) in [6.07, 6.45) is 4.65. The number of hydrogen-bond donors (Lipinski definition) is 1. The molecule has 0 bridgehead atoms. The zero-order valence-corrected chi connectivity index (χ0v) is 15.8. The van der Waals surface area contributed by atoms with Gasteiger partial charge in [-0.05, 0) is 56.5 Å². The second kappa shape index (κ2) is 9.66. The van der Waals surface area contributed by atoms with Gasteiger partial charge >= 0.3 is 5.97 Å². The minimum Gasteiger partial charge on any atom is -0.491 e. The number of benzene rings is 1. The maximum atomic E-state index is 12.5. The molecule has 0 saturated carbocycles. The zero-order valence-electron chi connectivity index (χ0n) is 15.8. The van der Waals surface area contributed by atoms with Crippen molar-refractivity contribution in [3.63, 3.8) is 0 Å². The lowest BCUT2D eigenvalue weighted by Gasteiger charge is -2.36. The number of rotatable bonds is 8. The van der Waals surface area contributed by atoms with E-state index in [4.69, 9.17) is 15.2 Å². The number of nitrogens with zero attached hydrogens (tertiary/aromatic N) is 1. The fourth-order valence-electron chi connectivity index (χ4n) is 3.21. The molecular formula is C20H32N2O3. The van der Waals surface area contributed by atoms with E-state index < -0.39 is 0 Å². The zero-order chi connectivity index (χ0) is 18.2. The minimum atomic E-state index is -0.316. The number of esters is 1. The molecule has 0 spiro atoms. The monoisotopic (exact) mass is 348 g/mol. The van der Waals surface area contributed by atoms with Crippen molar-refractivity contribution < 1.29 is 14.3 Å². The van der Waals surface area contributed by atoms with Gasteiger partial charge in [0.15, 0.2) is 0 Å². The van der Waals surface area contributed by atoms with Crippen LogP contribution in [0.5, 0.6) is 5.75 Å². The molecule has 1 aliphatic rings. The lowest BCUT2D eigenvalue weighted by molar-refractivity contribution is 0.0233. The van der Waals surface area contributed by atoms with Crippen molar-refractivity contribution in [3.8, 4) is 5.75 Å². The molecule has 1 aromatic carbocycles. The van der Waals surface area contributed by atoms with Crippen LogP contribution in [0.15, 0.2) is 18.2 Å². The Bertz CT molecular complexity index is 554. The third kappa shape index (κ3) is 5.63. The van der Waals surface area contributed by atoms with Crippen molar-refractivity contribution in [1.82, 2.24) is 4.90 Å². The van der Waals surface area contributed by atoms with E-state index in [9.17, 15) is 4.79 Å². The molecule has 1 atom stereocenters. The largest absolute Gasteiger partial charge is 0.491 e. The topological polar surface area (TPSA) is 64.8 Å². The highest BCUT2D eigenvalue weighted by Crippen LogP contribution is 2.24. The number of carbonyl (C=O) groups is 1. The molecule has 140 valence electrons. The Balaban J connectivity index is 1.97. The van der Waals surface area contributed by atoms with E-state index in [-0.39, 0.29) is 12.0 Å². The maximum Gasteiger partial charge on any atom is 0.338 e. The van der Waals surface area contributed by atoms with Gasteiger partial charge in [0.05, 0.1) is 17.9 Å². The number of likely N-dealkylation sites (tertiary alicyclic amines) is 1. The van der Waals surface area contributed by atoms with Gasteiger partial charge in [-0.25, -0.2) is 4.79 Å². The van der Waals surface area contributed by atoms with Crippen LogP contribution in [0.1, 0.15) is 56.8 Å². The summed E-state index contributed by atoms with van der Waals surface area (Å²) >= 11 is 0. The Morgan fingerprint density at radius 2 is 1.96 bits per heavy atom. The number of hydrogen-bond acceptors (Lipinski definition) is 5. The molecular weight excluding hydrogens is 316 g/mol. The van der Waals surface area contributed by atoms with Gasteiger partial charge in [0, 0.05) is 6.04 Å². The van der Waals surface area contributed by atoms with Crippen LogP contribution < -0.4 is 10.5 Å². The normalized spacial score (nSPS) is 16.6. The standard InChI is InChI=1S/C20H32N2O3/c1-4-12-24-19-13-16(8-9-17(19)21)20(23)25-14-18(15(2)3)22-10-6-5-7-11-22/h8-9,13,15,18H,4-7,10-12,14,21H2,1-3H3/t18-/m1/s1. The van der Waals surface area contributed by atoms with Gasteiger partial charge in [0.1, 0.15) is 12.4 Å². The molecule has 0 aromatic heterocycles. The van der Waals surface area contributed by atoms with Gasteiger partial charge < -0.3 is 15.2 Å².